The normalized spacial score (nSPS) is 23.7. The summed E-state index contributed by atoms with van der Waals surface area (Å²) in [5.74, 6) is 0. The van der Waals surface area contributed by atoms with Crippen molar-refractivity contribution in [3.63, 3.8) is 0 Å². The second-order valence-electron chi connectivity index (χ2n) is 13.0. The second-order valence-corrected chi connectivity index (χ2v) is 17.3. The molecule has 2 aliphatic rings. The number of nitro benzene ring substituents is 1. The van der Waals surface area contributed by atoms with Crippen LogP contribution in [0, 0.1) is 26.9 Å². The number of nitro groups is 1. The third-order valence-electron chi connectivity index (χ3n) is 8.97. The molecule has 0 radical (unpaired) electrons. The number of carbonyl (C=O) groups is 1. The van der Waals surface area contributed by atoms with Crippen LogP contribution in [0.4, 0.5) is 16.2 Å². The predicted molar refractivity (Wildman–Crippen MR) is 168 cm³/mol. The van der Waals surface area contributed by atoms with Crippen LogP contribution < -0.4 is 21.0 Å². The van der Waals surface area contributed by atoms with Gasteiger partial charge in [-0.1, -0.05) is 88.4 Å². The number of amides is 1. The highest BCUT2D eigenvalue weighted by molar-refractivity contribution is 6.99. The summed E-state index contributed by atoms with van der Waals surface area (Å²) in [6.45, 7) is 9.52. The number of nitrogens with zero attached hydrogens (tertiary/aromatic N) is 2. The van der Waals surface area contributed by atoms with Gasteiger partial charge in [0.2, 0.25) is 0 Å². The molecule has 1 amide bonds. The van der Waals surface area contributed by atoms with Gasteiger partial charge < -0.3 is 19.8 Å². The maximum Gasteiger partial charge on any atom is 0.407 e. The molecule has 1 heterocycles. The molecule has 0 aromatic heterocycles. The molecule has 1 spiro atoms. The van der Waals surface area contributed by atoms with Crippen LogP contribution in [-0.2, 0) is 9.16 Å². The van der Waals surface area contributed by atoms with E-state index in [2.05, 4.69) is 92.9 Å². The van der Waals surface area contributed by atoms with E-state index in [-0.39, 0.29) is 22.5 Å². The molecule has 9 nitrogen and oxygen atoms in total. The summed E-state index contributed by atoms with van der Waals surface area (Å²) in [6, 6.07) is 27.2. The van der Waals surface area contributed by atoms with E-state index in [4.69, 9.17) is 9.16 Å². The van der Waals surface area contributed by atoms with Crippen LogP contribution in [0.25, 0.3) is 0 Å². The number of ether oxygens (including phenoxy) is 1. The first-order valence-electron chi connectivity index (χ1n) is 14.6. The van der Waals surface area contributed by atoms with Crippen molar-refractivity contribution in [1.29, 1.82) is 5.26 Å². The SMILES string of the molecule is CC(C)(C)[Si](O[C@@H]1CC[C@@]2(CNC(=O)O2)C[C@@]1(C)CNc1cc(C#N)ccc1[N+](=O)[O-])(c1ccccc1)c1ccccc1. The van der Waals surface area contributed by atoms with Gasteiger partial charge in [0.25, 0.3) is 14.0 Å². The van der Waals surface area contributed by atoms with E-state index in [9.17, 15) is 20.2 Å². The van der Waals surface area contributed by atoms with Crippen LogP contribution in [-0.4, -0.2) is 44.1 Å². The fourth-order valence-electron chi connectivity index (χ4n) is 6.91. The quantitative estimate of drug-likeness (QED) is 0.199. The minimum Gasteiger partial charge on any atom is -0.441 e. The molecule has 3 aromatic rings. The molecule has 2 fully saturated rings. The molecule has 3 aromatic carbocycles. The van der Waals surface area contributed by atoms with E-state index < -0.39 is 30.3 Å². The summed E-state index contributed by atoms with van der Waals surface area (Å²) in [4.78, 5) is 23.6. The molecule has 5 rings (SSSR count). The molecule has 3 atom stereocenters. The van der Waals surface area contributed by atoms with Gasteiger partial charge in [0, 0.05) is 18.0 Å². The first-order valence-corrected chi connectivity index (χ1v) is 16.5. The molecule has 0 unspecified atom stereocenters. The van der Waals surface area contributed by atoms with Crippen molar-refractivity contribution in [2.45, 2.75) is 63.7 Å². The van der Waals surface area contributed by atoms with Crippen molar-refractivity contribution in [3.8, 4) is 6.07 Å². The molecule has 1 saturated heterocycles. The zero-order chi connectivity index (χ0) is 30.9. The molecule has 0 bridgehead atoms. The Kier molecular flexibility index (Phi) is 8.07. The van der Waals surface area contributed by atoms with Crippen molar-refractivity contribution < 1.29 is 18.9 Å². The maximum atomic E-state index is 12.2. The topological polar surface area (TPSA) is 127 Å². The van der Waals surface area contributed by atoms with E-state index in [1.165, 1.54) is 18.2 Å². The van der Waals surface area contributed by atoms with Crippen molar-refractivity contribution in [2.24, 2.45) is 5.41 Å². The van der Waals surface area contributed by atoms with Gasteiger partial charge in [-0.3, -0.25) is 10.1 Å². The van der Waals surface area contributed by atoms with E-state index in [1.54, 1.807) is 0 Å². The number of rotatable bonds is 8. The lowest BCUT2D eigenvalue weighted by Crippen LogP contribution is -2.69. The fraction of sp³-hybridized carbons (Fsp3) is 0.394. The first-order chi connectivity index (χ1) is 20.4. The predicted octanol–water partition coefficient (Wildman–Crippen LogP) is 5.49. The van der Waals surface area contributed by atoms with E-state index in [0.717, 1.165) is 10.4 Å². The van der Waals surface area contributed by atoms with Crippen LogP contribution in [0.2, 0.25) is 5.04 Å². The summed E-state index contributed by atoms with van der Waals surface area (Å²) in [5.41, 5.74) is -0.803. The summed E-state index contributed by atoms with van der Waals surface area (Å²) in [5, 5.41) is 29.6. The van der Waals surface area contributed by atoms with Crippen LogP contribution in [0.3, 0.4) is 0 Å². The van der Waals surface area contributed by atoms with Crippen molar-refractivity contribution in [2.75, 3.05) is 18.4 Å². The van der Waals surface area contributed by atoms with Gasteiger partial charge in [-0.25, -0.2) is 4.79 Å². The first kappa shape index (κ1) is 30.3. The highest BCUT2D eigenvalue weighted by Crippen LogP contribution is 2.49. The Labute approximate surface area is 253 Å². The Morgan fingerprint density at radius 3 is 2.26 bits per heavy atom. The molecule has 1 aliphatic heterocycles. The summed E-state index contributed by atoms with van der Waals surface area (Å²) >= 11 is 0. The lowest BCUT2D eigenvalue weighted by atomic mass is 9.66. The van der Waals surface area contributed by atoms with Crippen molar-refractivity contribution >= 4 is 36.2 Å². The Balaban J connectivity index is 1.59. The zero-order valence-corrected chi connectivity index (χ0v) is 26.1. The number of hydrogen-bond donors (Lipinski definition) is 2. The Morgan fingerprint density at radius 1 is 1.12 bits per heavy atom. The number of alkyl carbamates (subject to hydrolysis) is 1. The van der Waals surface area contributed by atoms with E-state index in [0.29, 0.717) is 37.9 Å². The van der Waals surface area contributed by atoms with Gasteiger partial charge in [-0.2, -0.15) is 5.26 Å². The molecular formula is C33H38N4O5Si. The average molecular weight is 599 g/mol. The Morgan fingerprint density at radius 2 is 1.74 bits per heavy atom. The zero-order valence-electron chi connectivity index (χ0n) is 25.1. The second kappa shape index (κ2) is 11.5. The van der Waals surface area contributed by atoms with Crippen LogP contribution in [0.15, 0.2) is 78.9 Å². The summed E-state index contributed by atoms with van der Waals surface area (Å²) in [6.07, 6.45) is 1.07. The molecular weight excluding hydrogens is 560 g/mol. The monoisotopic (exact) mass is 598 g/mol. The minimum absolute atomic E-state index is 0.105. The number of benzene rings is 3. The largest absolute Gasteiger partial charge is 0.441 e. The number of anilines is 1. The number of nitrogens with one attached hydrogen (secondary N) is 2. The highest BCUT2D eigenvalue weighted by atomic mass is 28.4. The standard InChI is InChI=1S/C33H38N4O5Si/c1-31(2,3)43(25-11-7-5-8-12-25,26-13-9-6-10-14-26)42-29-17-18-33(23-36-30(38)41-33)21-32(29,4)22-35-27-19-24(20-34)15-16-28(27)37(39)40/h5-16,19,29,35H,17-18,21-23H2,1-4H3,(H,36,38)/t29-,32+,33+/m1/s1. The van der Waals surface area contributed by atoms with Gasteiger partial charge in [-0.05, 0) is 46.8 Å². The maximum absolute atomic E-state index is 12.2. The lowest BCUT2D eigenvalue weighted by Gasteiger charge is -2.53. The highest BCUT2D eigenvalue weighted by Gasteiger charge is 2.58. The van der Waals surface area contributed by atoms with Gasteiger partial charge in [0.1, 0.15) is 11.3 Å². The van der Waals surface area contributed by atoms with Gasteiger partial charge in [-0.15, -0.1) is 0 Å². The van der Waals surface area contributed by atoms with Gasteiger partial charge >= 0.3 is 6.09 Å². The summed E-state index contributed by atoms with van der Waals surface area (Å²) in [7, 11) is -2.94. The molecule has 224 valence electrons. The van der Waals surface area contributed by atoms with Gasteiger partial charge in [0.05, 0.1) is 29.2 Å². The minimum atomic E-state index is -2.94. The van der Waals surface area contributed by atoms with Crippen LogP contribution in [0.1, 0.15) is 52.5 Å². The van der Waals surface area contributed by atoms with E-state index >= 15 is 0 Å². The molecule has 1 aliphatic carbocycles. The lowest BCUT2D eigenvalue weighted by molar-refractivity contribution is -0.384. The number of nitriles is 1. The third-order valence-corrected chi connectivity index (χ3v) is 14.0. The molecule has 10 heteroatoms. The van der Waals surface area contributed by atoms with Crippen LogP contribution in [0.5, 0.6) is 0 Å². The van der Waals surface area contributed by atoms with Crippen molar-refractivity contribution in [1.82, 2.24) is 5.32 Å². The Hall–Kier alpha value is -4.20. The van der Waals surface area contributed by atoms with Gasteiger partial charge in [0.15, 0.2) is 0 Å². The smallest absolute Gasteiger partial charge is 0.407 e. The van der Waals surface area contributed by atoms with Crippen LogP contribution >= 0.6 is 0 Å². The molecule has 43 heavy (non-hydrogen) atoms. The van der Waals surface area contributed by atoms with Crippen molar-refractivity contribution in [3.05, 3.63) is 94.5 Å². The average Bonchev–Trinajstić information content (AvgIpc) is 3.34. The summed E-state index contributed by atoms with van der Waals surface area (Å²) < 4.78 is 13.5. The van der Waals surface area contributed by atoms with E-state index in [1.807, 2.05) is 12.1 Å². The molecule has 2 N–H and O–H groups in total. The fourth-order valence-corrected chi connectivity index (χ4v) is 11.8. The molecule has 1 saturated carbocycles. The number of carbonyl (C=O) groups excluding carboxylic acids is 1. The third kappa shape index (κ3) is 5.75. The Bertz CT molecular complexity index is 1500. The number of hydrogen-bond acceptors (Lipinski definition) is 7.